The lowest BCUT2D eigenvalue weighted by Gasteiger charge is -2.36. The smallest absolute Gasteiger partial charge is 0.0991 e. The van der Waals surface area contributed by atoms with E-state index < -0.39 is 0 Å². The zero-order valence-corrected chi connectivity index (χ0v) is 27.7. The number of rotatable bonds is 4. The first kappa shape index (κ1) is 28.7. The van der Waals surface area contributed by atoms with Crippen molar-refractivity contribution in [3.05, 3.63) is 156 Å². The minimum Gasteiger partial charge on any atom is -0.313 e. The van der Waals surface area contributed by atoms with Crippen LogP contribution in [0.1, 0.15) is 36.5 Å². The number of nitriles is 1. The summed E-state index contributed by atoms with van der Waals surface area (Å²) in [6.45, 7) is 4.69. The first-order chi connectivity index (χ1) is 23.6. The standard InChI is InChI=1S/C44H33N3S/c1-27-32(44-28(2)35(30-13-4-3-5-14-30)23-38(46-44)31-15-10-12-29(22-31)26-45)18-11-20-39(27)47-40-19-8-6-16-33(40)36-25-43-37(24-41(36)47)34-17-7-9-21-42(34)48-43/h3-25,27-28,32,35H,1-2H3. The summed E-state index contributed by atoms with van der Waals surface area (Å²) in [5.74, 6) is 0.645. The average Bonchev–Trinajstić information content (AvgIpc) is 3.66. The molecule has 4 atom stereocenters. The maximum atomic E-state index is 9.67. The molecule has 7 aromatic rings. The van der Waals surface area contributed by atoms with Crippen LogP contribution in [0, 0.1) is 29.1 Å². The van der Waals surface area contributed by atoms with Crippen molar-refractivity contribution in [2.75, 3.05) is 0 Å². The van der Waals surface area contributed by atoms with Crippen LogP contribution in [0.25, 0.3) is 53.4 Å². The van der Waals surface area contributed by atoms with Gasteiger partial charge in [0.05, 0.1) is 28.4 Å². The first-order valence-corrected chi connectivity index (χ1v) is 17.5. The van der Waals surface area contributed by atoms with Crippen LogP contribution in [-0.2, 0) is 0 Å². The van der Waals surface area contributed by atoms with Gasteiger partial charge < -0.3 is 4.57 Å². The van der Waals surface area contributed by atoms with Crippen molar-refractivity contribution in [3.63, 3.8) is 0 Å². The highest BCUT2D eigenvalue weighted by atomic mass is 32.1. The highest BCUT2D eigenvalue weighted by Gasteiger charge is 2.36. The molecule has 9 rings (SSSR count). The number of fused-ring (bicyclic) bond motifs is 6. The zero-order chi connectivity index (χ0) is 32.4. The van der Waals surface area contributed by atoms with Crippen LogP contribution in [0.3, 0.4) is 0 Å². The van der Waals surface area contributed by atoms with Gasteiger partial charge in [0, 0.05) is 71.6 Å². The molecule has 0 N–H and O–H groups in total. The monoisotopic (exact) mass is 635 g/mol. The molecule has 0 fully saturated rings. The Hall–Kier alpha value is -5.50. The van der Waals surface area contributed by atoms with Gasteiger partial charge in [0.15, 0.2) is 0 Å². The van der Waals surface area contributed by atoms with Crippen LogP contribution in [0.15, 0.2) is 145 Å². The number of para-hydroxylation sites is 1. The fraction of sp³-hybridized carbons (Fsp3) is 0.136. The van der Waals surface area contributed by atoms with Crippen molar-refractivity contribution in [1.82, 2.24) is 4.57 Å². The van der Waals surface area contributed by atoms with Gasteiger partial charge in [0.2, 0.25) is 0 Å². The Labute approximate surface area is 284 Å². The van der Waals surface area contributed by atoms with Gasteiger partial charge >= 0.3 is 0 Å². The van der Waals surface area contributed by atoms with Crippen molar-refractivity contribution < 1.29 is 0 Å². The third kappa shape index (κ3) is 4.50. The lowest BCUT2D eigenvalue weighted by molar-refractivity contribution is 0.570. The van der Waals surface area contributed by atoms with Crippen molar-refractivity contribution in [1.29, 1.82) is 5.26 Å². The van der Waals surface area contributed by atoms with Crippen molar-refractivity contribution in [2.45, 2.75) is 19.8 Å². The number of aliphatic imine (C=N–C) groups is 1. The lowest BCUT2D eigenvalue weighted by atomic mass is 9.72. The molecular weight excluding hydrogens is 603 g/mol. The maximum absolute atomic E-state index is 9.67. The van der Waals surface area contributed by atoms with Gasteiger partial charge in [-0.3, -0.25) is 4.99 Å². The van der Waals surface area contributed by atoms with Gasteiger partial charge in [-0.15, -0.1) is 11.3 Å². The van der Waals surface area contributed by atoms with Crippen LogP contribution >= 0.6 is 11.3 Å². The molecule has 4 heteroatoms. The third-order valence-electron chi connectivity index (χ3n) is 10.4. The second-order valence-electron chi connectivity index (χ2n) is 13.1. The summed E-state index contributed by atoms with van der Waals surface area (Å²) < 4.78 is 5.16. The molecule has 0 spiro atoms. The Kier molecular flexibility index (Phi) is 6.78. The molecule has 230 valence electrons. The van der Waals surface area contributed by atoms with E-state index in [1.54, 1.807) is 0 Å². The van der Waals surface area contributed by atoms with Crippen LogP contribution in [0.5, 0.6) is 0 Å². The van der Waals surface area contributed by atoms with E-state index >= 15 is 0 Å². The number of allylic oxidation sites excluding steroid dienone is 5. The summed E-state index contributed by atoms with van der Waals surface area (Å²) >= 11 is 1.87. The Morgan fingerprint density at radius 1 is 0.688 bits per heavy atom. The Balaban J connectivity index is 1.20. The number of nitrogens with zero attached hydrogens (tertiary/aromatic N) is 3. The summed E-state index contributed by atoms with van der Waals surface area (Å²) in [6, 6.07) is 43.3. The quantitative estimate of drug-likeness (QED) is 0.190. The second kappa shape index (κ2) is 11.3. The molecule has 5 aromatic carbocycles. The van der Waals surface area contributed by atoms with Crippen LogP contribution in [0.4, 0.5) is 0 Å². The van der Waals surface area contributed by atoms with Gasteiger partial charge in [-0.25, -0.2) is 0 Å². The summed E-state index contributed by atoms with van der Waals surface area (Å²) in [5.41, 5.74) is 8.79. The van der Waals surface area contributed by atoms with E-state index in [1.807, 2.05) is 29.5 Å². The molecular formula is C44H33N3S. The maximum Gasteiger partial charge on any atom is 0.0991 e. The molecule has 0 saturated carbocycles. The second-order valence-corrected chi connectivity index (χ2v) is 14.2. The summed E-state index contributed by atoms with van der Waals surface area (Å²) in [4.78, 5) is 5.45. The largest absolute Gasteiger partial charge is 0.313 e. The molecule has 2 aliphatic rings. The number of hydrogen-bond donors (Lipinski definition) is 0. The summed E-state index contributed by atoms with van der Waals surface area (Å²) in [6.07, 6.45) is 9.19. The minimum absolute atomic E-state index is 0.107. The Morgan fingerprint density at radius 3 is 2.33 bits per heavy atom. The molecule has 1 aliphatic heterocycles. The molecule has 48 heavy (non-hydrogen) atoms. The van der Waals surface area contributed by atoms with E-state index in [0.29, 0.717) is 5.56 Å². The van der Waals surface area contributed by atoms with Gasteiger partial charge in [-0.05, 0) is 54.1 Å². The summed E-state index contributed by atoms with van der Waals surface area (Å²) in [7, 11) is 0. The zero-order valence-electron chi connectivity index (χ0n) is 26.8. The van der Waals surface area contributed by atoms with Crippen LogP contribution in [-0.4, -0.2) is 10.3 Å². The predicted molar refractivity (Wildman–Crippen MR) is 203 cm³/mol. The van der Waals surface area contributed by atoms with Crippen LogP contribution < -0.4 is 0 Å². The van der Waals surface area contributed by atoms with Crippen molar-refractivity contribution in [2.24, 2.45) is 22.7 Å². The van der Waals surface area contributed by atoms with Crippen molar-refractivity contribution >= 4 is 70.4 Å². The predicted octanol–water partition coefficient (Wildman–Crippen LogP) is 11.6. The van der Waals surface area contributed by atoms with Crippen molar-refractivity contribution in [3.8, 4) is 6.07 Å². The number of aromatic nitrogens is 1. The van der Waals surface area contributed by atoms with Gasteiger partial charge in [0.1, 0.15) is 0 Å². The van der Waals surface area contributed by atoms with Gasteiger partial charge in [0.25, 0.3) is 0 Å². The van der Waals surface area contributed by atoms with E-state index in [0.717, 1.165) is 11.3 Å². The van der Waals surface area contributed by atoms with E-state index in [9.17, 15) is 5.26 Å². The Bertz CT molecular complexity index is 2570. The lowest BCUT2D eigenvalue weighted by Crippen LogP contribution is -2.33. The molecule has 1 aliphatic carbocycles. The van der Waals surface area contributed by atoms with E-state index in [2.05, 4.69) is 146 Å². The molecule has 2 aromatic heterocycles. The third-order valence-corrected chi connectivity index (χ3v) is 11.6. The highest BCUT2D eigenvalue weighted by Crippen LogP contribution is 2.45. The number of benzene rings is 5. The molecule has 0 radical (unpaired) electrons. The van der Waals surface area contributed by atoms with Gasteiger partial charge in [-0.2, -0.15) is 5.26 Å². The molecule has 0 amide bonds. The van der Waals surface area contributed by atoms with Crippen LogP contribution in [0.2, 0.25) is 0 Å². The fourth-order valence-corrected chi connectivity index (χ4v) is 9.12. The molecule has 0 bridgehead atoms. The van der Waals surface area contributed by atoms with E-state index in [-0.39, 0.29) is 23.7 Å². The Morgan fingerprint density at radius 2 is 1.48 bits per heavy atom. The molecule has 0 saturated heterocycles. The molecule has 4 unspecified atom stereocenters. The number of thiophene rings is 1. The first-order valence-electron chi connectivity index (χ1n) is 16.7. The summed E-state index contributed by atoms with van der Waals surface area (Å²) in [5, 5.41) is 14.9. The normalized spacial score (nSPS) is 21.0. The molecule has 3 nitrogen and oxygen atoms in total. The SMILES string of the molecule is CC1C(n2c3ccccc3c3cc4sc5ccccc5c4cc32)=CC=CC1C1=NC(c2cccc(C#N)c2)=CC(c2ccccc2)C1C. The topological polar surface area (TPSA) is 41.1 Å². The van der Waals surface area contributed by atoms with E-state index in [4.69, 9.17) is 4.99 Å². The fourth-order valence-electron chi connectivity index (χ4n) is 8.00. The minimum atomic E-state index is 0.107. The van der Waals surface area contributed by atoms with E-state index in [1.165, 1.54) is 59.0 Å². The van der Waals surface area contributed by atoms with Gasteiger partial charge in [-0.1, -0.05) is 105 Å². The highest BCUT2D eigenvalue weighted by molar-refractivity contribution is 7.25. The molecule has 3 heterocycles. The number of hydrogen-bond acceptors (Lipinski definition) is 3. The average molecular weight is 636 g/mol.